The first-order chi connectivity index (χ1) is 8.72. The van der Waals surface area contributed by atoms with Gasteiger partial charge in [-0.1, -0.05) is 45.4 Å². The molecule has 1 rings (SSSR count). The lowest BCUT2D eigenvalue weighted by Crippen LogP contribution is -2.14. The molecule has 18 heavy (non-hydrogen) atoms. The van der Waals surface area contributed by atoms with Gasteiger partial charge in [-0.2, -0.15) is 5.10 Å². The summed E-state index contributed by atoms with van der Waals surface area (Å²) in [4.78, 5) is 14.7. The first kappa shape index (κ1) is 14.7. The molecular weight excluding hydrogens is 228 g/mol. The minimum atomic E-state index is -0.385. The number of carbonyl (C=O) groups is 1. The van der Waals surface area contributed by atoms with E-state index >= 15 is 0 Å². The largest absolute Gasteiger partial charge is 0.369 e. The molecular formula is C13H24N4O. The highest BCUT2D eigenvalue weighted by atomic mass is 16.1. The van der Waals surface area contributed by atoms with E-state index < -0.39 is 0 Å². The molecule has 0 bridgehead atoms. The lowest BCUT2D eigenvalue weighted by molar-refractivity contribution is -0.117. The summed E-state index contributed by atoms with van der Waals surface area (Å²) < 4.78 is 1.80. The average Bonchev–Trinajstić information content (AvgIpc) is 2.75. The number of aromatic nitrogens is 3. The normalized spacial score (nSPS) is 10.7. The summed E-state index contributed by atoms with van der Waals surface area (Å²) in [6, 6.07) is 0. The molecule has 0 spiro atoms. The molecule has 0 unspecified atom stereocenters. The van der Waals surface area contributed by atoms with Crippen molar-refractivity contribution in [2.75, 3.05) is 0 Å². The van der Waals surface area contributed by atoms with Gasteiger partial charge in [0.1, 0.15) is 6.33 Å². The summed E-state index contributed by atoms with van der Waals surface area (Å²) in [5.74, 6) is 0.133. The number of amides is 1. The van der Waals surface area contributed by atoms with E-state index in [0.29, 0.717) is 5.82 Å². The van der Waals surface area contributed by atoms with Crippen LogP contribution in [0.4, 0.5) is 0 Å². The van der Waals surface area contributed by atoms with Crippen molar-refractivity contribution in [3.05, 3.63) is 12.2 Å². The molecule has 5 nitrogen and oxygen atoms in total. The van der Waals surface area contributed by atoms with E-state index in [2.05, 4.69) is 17.0 Å². The monoisotopic (exact) mass is 252 g/mol. The first-order valence-electron chi connectivity index (χ1n) is 6.89. The Kier molecular flexibility index (Phi) is 7.06. The molecule has 2 N–H and O–H groups in total. The van der Waals surface area contributed by atoms with Crippen molar-refractivity contribution in [2.24, 2.45) is 5.73 Å². The zero-order valence-corrected chi connectivity index (χ0v) is 11.3. The third-order valence-electron chi connectivity index (χ3n) is 2.91. The van der Waals surface area contributed by atoms with Crippen LogP contribution in [0, 0.1) is 0 Å². The van der Waals surface area contributed by atoms with E-state index in [0.717, 1.165) is 13.0 Å². The molecule has 1 amide bonds. The molecule has 0 saturated heterocycles. The molecule has 1 aromatic heterocycles. The van der Waals surface area contributed by atoms with Gasteiger partial charge < -0.3 is 5.73 Å². The topological polar surface area (TPSA) is 73.8 Å². The van der Waals surface area contributed by atoms with Gasteiger partial charge in [-0.15, -0.1) is 0 Å². The highest BCUT2D eigenvalue weighted by molar-refractivity contribution is 5.75. The molecule has 0 fully saturated rings. The fraction of sp³-hybridized carbons (Fsp3) is 0.769. The second-order valence-electron chi connectivity index (χ2n) is 4.69. The van der Waals surface area contributed by atoms with Crippen molar-refractivity contribution >= 4 is 5.91 Å². The second kappa shape index (κ2) is 8.66. The van der Waals surface area contributed by atoms with Crippen LogP contribution in [0.2, 0.25) is 0 Å². The van der Waals surface area contributed by atoms with E-state index in [1.54, 1.807) is 11.0 Å². The zero-order chi connectivity index (χ0) is 13.2. The minimum Gasteiger partial charge on any atom is -0.369 e. The molecule has 102 valence electrons. The third kappa shape index (κ3) is 6.37. The number of nitrogens with zero attached hydrogens (tertiary/aromatic N) is 3. The highest BCUT2D eigenvalue weighted by Crippen LogP contribution is 2.07. The summed E-state index contributed by atoms with van der Waals surface area (Å²) in [5, 5.41) is 4.20. The number of carbonyl (C=O) groups excluding carboxylic acids is 1. The third-order valence-corrected chi connectivity index (χ3v) is 2.91. The van der Waals surface area contributed by atoms with Crippen LogP contribution in [0.25, 0.3) is 0 Å². The van der Waals surface area contributed by atoms with Crippen molar-refractivity contribution in [2.45, 2.75) is 64.8 Å². The standard InChI is InChI=1S/C13H24N4O/c1-2-3-4-5-6-7-8-9-17-11-15-13(16-17)10-12(14)18/h11H,2-10H2,1H3,(H2,14,18). The van der Waals surface area contributed by atoms with Crippen molar-refractivity contribution < 1.29 is 4.79 Å². The molecule has 0 aliphatic rings. The molecule has 0 aromatic carbocycles. The van der Waals surface area contributed by atoms with Gasteiger partial charge in [0.25, 0.3) is 0 Å². The van der Waals surface area contributed by atoms with E-state index in [9.17, 15) is 4.79 Å². The summed E-state index contributed by atoms with van der Waals surface area (Å²) in [6.45, 7) is 3.11. The zero-order valence-electron chi connectivity index (χ0n) is 11.3. The van der Waals surface area contributed by atoms with Gasteiger partial charge in [0.15, 0.2) is 5.82 Å². The van der Waals surface area contributed by atoms with Gasteiger partial charge in [-0.3, -0.25) is 9.48 Å². The highest BCUT2D eigenvalue weighted by Gasteiger charge is 2.03. The Hall–Kier alpha value is -1.39. The second-order valence-corrected chi connectivity index (χ2v) is 4.69. The van der Waals surface area contributed by atoms with Crippen molar-refractivity contribution in [3.63, 3.8) is 0 Å². The van der Waals surface area contributed by atoms with E-state index in [1.807, 2.05) is 0 Å². The van der Waals surface area contributed by atoms with Crippen LogP contribution >= 0.6 is 0 Å². The Bertz CT molecular complexity index is 349. The summed E-state index contributed by atoms with van der Waals surface area (Å²) in [6.07, 6.45) is 10.8. The van der Waals surface area contributed by atoms with Gasteiger partial charge in [0.05, 0.1) is 6.42 Å². The smallest absolute Gasteiger partial charge is 0.225 e. The van der Waals surface area contributed by atoms with Crippen molar-refractivity contribution in [1.82, 2.24) is 14.8 Å². The average molecular weight is 252 g/mol. The van der Waals surface area contributed by atoms with E-state index in [4.69, 9.17) is 5.73 Å². The van der Waals surface area contributed by atoms with Crippen LogP contribution in [-0.2, 0) is 17.8 Å². The molecule has 0 saturated carbocycles. The number of aryl methyl sites for hydroxylation is 1. The van der Waals surface area contributed by atoms with Crippen LogP contribution in [0.1, 0.15) is 57.7 Å². The Morgan fingerprint density at radius 3 is 2.56 bits per heavy atom. The number of hydrogen-bond acceptors (Lipinski definition) is 3. The molecule has 1 heterocycles. The van der Waals surface area contributed by atoms with E-state index in [1.165, 1.54) is 38.5 Å². The van der Waals surface area contributed by atoms with Gasteiger partial charge in [-0.25, -0.2) is 4.98 Å². The fourth-order valence-electron chi connectivity index (χ4n) is 1.91. The van der Waals surface area contributed by atoms with Crippen LogP contribution in [0.3, 0.4) is 0 Å². The molecule has 0 aliphatic carbocycles. The van der Waals surface area contributed by atoms with Gasteiger partial charge >= 0.3 is 0 Å². The van der Waals surface area contributed by atoms with Gasteiger partial charge in [0.2, 0.25) is 5.91 Å². The number of rotatable bonds is 10. The van der Waals surface area contributed by atoms with Gasteiger partial charge in [-0.05, 0) is 6.42 Å². The van der Waals surface area contributed by atoms with E-state index in [-0.39, 0.29) is 12.3 Å². The molecule has 1 aromatic rings. The number of nitrogens with two attached hydrogens (primary N) is 1. The quantitative estimate of drug-likeness (QED) is 0.648. The van der Waals surface area contributed by atoms with Crippen LogP contribution in [0.15, 0.2) is 6.33 Å². The molecule has 0 aliphatic heterocycles. The molecule has 0 atom stereocenters. The predicted octanol–water partition coefficient (Wildman–Crippen LogP) is 2.06. The first-order valence-corrected chi connectivity index (χ1v) is 6.89. The Morgan fingerprint density at radius 1 is 1.22 bits per heavy atom. The Labute approximate surface area is 109 Å². The van der Waals surface area contributed by atoms with Crippen molar-refractivity contribution in [1.29, 1.82) is 0 Å². The maximum absolute atomic E-state index is 10.7. The number of primary amides is 1. The van der Waals surface area contributed by atoms with Crippen LogP contribution in [0.5, 0.6) is 0 Å². The summed E-state index contributed by atoms with van der Waals surface area (Å²) in [7, 11) is 0. The molecule has 0 radical (unpaired) electrons. The van der Waals surface area contributed by atoms with Crippen LogP contribution in [-0.4, -0.2) is 20.7 Å². The predicted molar refractivity (Wildman–Crippen MR) is 70.9 cm³/mol. The lowest BCUT2D eigenvalue weighted by atomic mass is 10.1. The number of hydrogen-bond donors (Lipinski definition) is 1. The fourth-order valence-corrected chi connectivity index (χ4v) is 1.91. The minimum absolute atomic E-state index is 0.129. The van der Waals surface area contributed by atoms with Crippen LogP contribution < -0.4 is 5.73 Å². The molecule has 5 heteroatoms. The van der Waals surface area contributed by atoms with Crippen molar-refractivity contribution in [3.8, 4) is 0 Å². The Balaban J connectivity index is 2.08. The maximum atomic E-state index is 10.7. The van der Waals surface area contributed by atoms with Gasteiger partial charge in [0, 0.05) is 6.54 Å². The number of unbranched alkanes of at least 4 members (excludes halogenated alkanes) is 6. The maximum Gasteiger partial charge on any atom is 0.225 e. The Morgan fingerprint density at radius 2 is 1.89 bits per heavy atom. The lowest BCUT2D eigenvalue weighted by Gasteiger charge is -2.01. The SMILES string of the molecule is CCCCCCCCCn1cnc(CC(N)=O)n1. The summed E-state index contributed by atoms with van der Waals surface area (Å²) >= 11 is 0. The summed E-state index contributed by atoms with van der Waals surface area (Å²) in [5.41, 5.74) is 5.09.